The van der Waals surface area contributed by atoms with Gasteiger partial charge in [-0.05, 0) is 36.9 Å². The molecule has 0 aromatic carbocycles. The van der Waals surface area contributed by atoms with Gasteiger partial charge in [-0.3, -0.25) is 9.88 Å². The highest BCUT2D eigenvalue weighted by Gasteiger charge is 2.38. The van der Waals surface area contributed by atoms with Crippen LogP contribution in [0.5, 0.6) is 5.75 Å². The summed E-state index contributed by atoms with van der Waals surface area (Å²) in [5, 5.41) is 0. The van der Waals surface area contributed by atoms with Gasteiger partial charge in [0, 0.05) is 31.9 Å². The Hall–Kier alpha value is -2.28. The summed E-state index contributed by atoms with van der Waals surface area (Å²) in [6.45, 7) is 3.66. The number of pyridine rings is 1. The van der Waals surface area contributed by atoms with Crippen molar-refractivity contribution in [2.45, 2.75) is 25.4 Å². The minimum Gasteiger partial charge on any atom is -0.494 e. The highest BCUT2D eigenvalue weighted by molar-refractivity contribution is 5.33. The Bertz CT molecular complexity index is 726. The standard InChI is InChI=1S/C18H22FN5O/c1-25-16-9-21-18(22-10-16)24-5-3-14-2-4-23(17(14)12-24)11-13-6-15(19)8-20-7-13/h6-10,14,17H,2-5,11-12H2,1H3. The molecule has 2 saturated heterocycles. The number of anilines is 1. The molecule has 132 valence electrons. The predicted octanol–water partition coefficient (Wildman–Crippen LogP) is 2.12. The second-order valence-electron chi connectivity index (χ2n) is 6.76. The topological polar surface area (TPSA) is 54.4 Å². The smallest absolute Gasteiger partial charge is 0.225 e. The van der Waals surface area contributed by atoms with Crippen LogP contribution in [0.1, 0.15) is 18.4 Å². The van der Waals surface area contributed by atoms with Crippen LogP contribution in [0.4, 0.5) is 10.3 Å². The van der Waals surface area contributed by atoms with Crippen LogP contribution in [0.2, 0.25) is 0 Å². The number of piperidine rings is 1. The van der Waals surface area contributed by atoms with Gasteiger partial charge in [0.25, 0.3) is 0 Å². The third-order valence-electron chi connectivity index (χ3n) is 5.26. The molecule has 0 aliphatic carbocycles. The third-order valence-corrected chi connectivity index (χ3v) is 5.26. The van der Waals surface area contributed by atoms with Crippen molar-refractivity contribution in [1.29, 1.82) is 0 Å². The van der Waals surface area contributed by atoms with Gasteiger partial charge in [-0.1, -0.05) is 0 Å². The van der Waals surface area contributed by atoms with E-state index in [0.717, 1.165) is 44.1 Å². The first-order valence-electron chi connectivity index (χ1n) is 8.67. The Morgan fingerprint density at radius 3 is 2.72 bits per heavy atom. The van der Waals surface area contributed by atoms with Crippen molar-refractivity contribution in [2.75, 3.05) is 31.6 Å². The molecule has 2 unspecified atom stereocenters. The van der Waals surface area contributed by atoms with Gasteiger partial charge in [-0.2, -0.15) is 0 Å². The van der Waals surface area contributed by atoms with E-state index in [1.807, 2.05) is 0 Å². The summed E-state index contributed by atoms with van der Waals surface area (Å²) < 4.78 is 18.5. The molecule has 0 saturated carbocycles. The SMILES string of the molecule is COc1cnc(N2CCC3CCN(Cc4cncc(F)c4)C3C2)nc1. The number of ether oxygens (including phenoxy) is 1. The monoisotopic (exact) mass is 343 g/mol. The number of rotatable bonds is 4. The fourth-order valence-corrected chi connectivity index (χ4v) is 3.96. The summed E-state index contributed by atoms with van der Waals surface area (Å²) in [6, 6.07) is 2.02. The van der Waals surface area contributed by atoms with E-state index in [-0.39, 0.29) is 5.82 Å². The van der Waals surface area contributed by atoms with E-state index in [0.29, 0.717) is 17.7 Å². The van der Waals surface area contributed by atoms with E-state index in [9.17, 15) is 4.39 Å². The van der Waals surface area contributed by atoms with Crippen LogP contribution in [0, 0.1) is 11.7 Å². The Balaban J connectivity index is 1.46. The number of halogens is 1. The van der Waals surface area contributed by atoms with Crippen molar-refractivity contribution in [2.24, 2.45) is 5.92 Å². The first kappa shape index (κ1) is 16.2. The quantitative estimate of drug-likeness (QED) is 0.848. The second kappa shape index (κ2) is 6.92. The minimum absolute atomic E-state index is 0.273. The van der Waals surface area contributed by atoms with Gasteiger partial charge >= 0.3 is 0 Å². The highest BCUT2D eigenvalue weighted by Crippen LogP contribution is 2.33. The van der Waals surface area contributed by atoms with Crippen LogP contribution in [-0.4, -0.2) is 52.6 Å². The van der Waals surface area contributed by atoms with Crippen molar-refractivity contribution >= 4 is 5.95 Å². The minimum atomic E-state index is -0.273. The molecule has 0 radical (unpaired) electrons. The van der Waals surface area contributed by atoms with Crippen molar-refractivity contribution in [1.82, 2.24) is 19.9 Å². The molecular weight excluding hydrogens is 321 g/mol. The molecule has 2 aromatic heterocycles. The van der Waals surface area contributed by atoms with E-state index in [2.05, 4.69) is 24.8 Å². The summed E-state index contributed by atoms with van der Waals surface area (Å²) in [5.41, 5.74) is 0.929. The maximum atomic E-state index is 13.4. The molecule has 2 aliphatic heterocycles. The van der Waals surface area contributed by atoms with Crippen LogP contribution in [0.15, 0.2) is 30.9 Å². The van der Waals surface area contributed by atoms with Gasteiger partial charge in [-0.25, -0.2) is 14.4 Å². The number of aromatic nitrogens is 3. The van der Waals surface area contributed by atoms with Crippen LogP contribution in [0.25, 0.3) is 0 Å². The first-order valence-corrected chi connectivity index (χ1v) is 8.67. The Labute approximate surface area is 146 Å². The lowest BCUT2D eigenvalue weighted by Crippen LogP contribution is -2.48. The van der Waals surface area contributed by atoms with E-state index in [1.54, 1.807) is 31.8 Å². The van der Waals surface area contributed by atoms with Gasteiger partial charge in [0.15, 0.2) is 5.75 Å². The summed E-state index contributed by atoms with van der Waals surface area (Å²) in [5.74, 6) is 1.83. The van der Waals surface area contributed by atoms with Crippen molar-refractivity contribution < 1.29 is 9.13 Å². The van der Waals surface area contributed by atoms with Crippen LogP contribution < -0.4 is 9.64 Å². The van der Waals surface area contributed by atoms with Crippen molar-refractivity contribution in [3.8, 4) is 5.75 Å². The molecule has 4 heterocycles. The van der Waals surface area contributed by atoms with Crippen LogP contribution in [0.3, 0.4) is 0 Å². The maximum Gasteiger partial charge on any atom is 0.225 e. The molecule has 0 spiro atoms. The van der Waals surface area contributed by atoms with E-state index in [1.165, 1.54) is 12.6 Å². The molecule has 2 aromatic rings. The average Bonchev–Trinajstić information content (AvgIpc) is 3.04. The molecule has 0 bridgehead atoms. The zero-order chi connectivity index (χ0) is 17.2. The van der Waals surface area contributed by atoms with Crippen LogP contribution >= 0.6 is 0 Å². The molecular formula is C18H22FN5O. The van der Waals surface area contributed by atoms with Gasteiger partial charge < -0.3 is 9.64 Å². The molecule has 0 N–H and O–H groups in total. The fourth-order valence-electron chi connectivity index (χ4n) is 3.96. The molecule has 4 rings (SSSR count). The van der Waals surface area contributed by atoms with E-state index >= 15 is 0 Å². The molecule has 2 aliphatic rings. The normalized spacial score (nSPS) is 23.5. The molecule has 2 fully saturated rings. The summed E-state index contributed by atoms with van der Waals surface area (Å²) in [6.07, 6.45) is 8.75. The number of methoxy groups -OCH3 is 1. The maximum absolute atomic E-state index is 13.4. The lowest BCUT2D eigenvalue weighted by molar-refractivity contribution is 0.199. The first-order chi connectivity index (χ1) is 12.2. The zero-order valence-corrected chi connectivity index (χ0v) is 14.3. The number of fused-ring (bicyclic) bond motifs is 1. The van der Waals surface area contributed by atoms with Gasteiger partial charge in [0.1, 0.15) is 5.82 Å². The van der Waals surface area contributed by atoms with Crippen LogP contribution in [-0.2, 0) is 6.54 Å². The molecule has 7 heteroatoms. The fraction of sp³-hybridized carbons (Fsp3) is 0.500. The number of hydrogen-bond acceptors (Lipinski definition) is 6. The van der Waals surface area contributed by atoms with E-state index < -0.39 is 0 Å². The zero-order valence-electron chi connectivity index (χ0n) is 14.3. The Morgan fingerprint density at radius 2 is 1.96 bits per heavy atom. The summed E-state index contributed by atoms with van der Waals surface area (Å²) in [7, 11) is 1.61. The molecule has 2 atom stereocenters. The van der Waals surface area contributed by atoms with Crippen molar-refractivity contribution in [3.05, 3.63) is 42.2 Å². The van der Waals surface area contributed by atoms with Gasteiger partial charge in [0.05, 0.1) is 25.7 Å². The number of nitrogens with zero attached hydrogens (tertiary/aromatic N) is 5. The highest BCUT2D eigenvalue weighted by atomic mass is 19.1. The van der Waals surface area contributed by atoms with E-state index in [4.69, 9.17) is 4.74 Å². The van der Waals surface area contributed by atoms with Gasteiger partial charge in [0.2, 0.25) is 5.95 Å². The molecule has 25 heavy (non-hydrogen) atoms. The summed E-state index contributed by atoms with van der Waals surface area (Å²) in [4.78, 5) is 17.5. The molecule has 6 nitrogen and oxygen atoms in total. The Kier molecular flexibility index (Phi) is 4.48. The predicted molar refractivity (Wildman–Crippen MR) is 91.9 cm³/mol. The number of hydrogen-bond donors (Lipinski definition) is 0. The average molecular weight is 343 g/mol. The third kappa shape index (κ3) is 3.42. The van der Waals surface area contributed by atoms with Crippen molar-refractivity contribution in [3.63, 3.8) is 0 Å². The van der Waals surface area contributed by atoms with Gasteiger partial charge in [-0.15, -0.1) is 0 Å². The lowest BCUT2D eigenvalue weighted by Gasteiger charge is -2.38. The number of likely N-dealkylation sites (tertiary alicyclic amines) is 1. The molecule has 0 amide bonds. The Morgan fingerprint density at radius 1 is 1.16 bits per heavy atom. The summed E-state index contributed by atoms with van der Waals surface area (Å²) >= 11 is 0. The lowest BCUT2D eigenvalue weighted by atomic mass is 9.92. The second-order valence-corrected chi connectivity index (χ2v) is 6.76. The largest absolute Gasteiger partial charge is 0.494 e.